The highest BCUT2D eigenvalue weighted by atomic mass is 15.3. The van der Waals surface area contributed by atoms with Crippen molar-refractivity contribution in [3.63, 3.8) is 0 Å². The third-order valence-corrected chi connectivity index (χ3v) is 3.15. The summed E-state index contributed by atoms with van der Waals surface area (Å²) >= 11 is 0. The molecule has 0 saturated carbocycles. The number of rotatable bonds is 1. The first-order valence-corrected chi connectivity index (χ1v) is 5.44. The number of fused-ring (bicyclic) bond motifs is 1. The number of nitrogens with one attached hydrogen (secondary N) is 2. The first kappa shape index (κ1) is 8.85. The predicted molar refractivity (Wildman–Crippen MR) is 58.7 cm³/mol. The molecule has 1 aliphatic rings. The SMILES string of the molecule is c1cc2n[nH]nc2cc1C1CCNCC1. The van der Waals surface area contributed by atoms with Crippen LogP contribution >= 0.6 is 0 Å². The fourth-order valence-electron chi connectivity index (χ4n) is 2.27. The second-order valence-corrected chi connectivity index (χ2v) is 4.10. The van der Waals surface area contributed by atoms with Gasteiger partial charge in [0.2, 0.25) is 0 Å². The van der Waals surface area contributed by atoms with Gasteiger partial charge in [0.1, 0.15) is 11.0 Å². The smallest absolute Gasteiger partial charge is 0.113 e. The van der Waals surface area contributed by atoms with Crippen LogP contribution in [0, 0.1) is 0 Å². The summed E-state index contributed by atoms with van der Waals surface area (Å²) in [6.07, 6.45) is 2.45. The lowest BCUT2D eigenvalue weighted by Gasteiger charge is -2.22. The minimum absolute atomic E-state index is 0.687. The molecule has 4 nitrogen and oxygen atoms in total. The van der Waals surface area contributed by atoms with Crippen molar-refractivity contribution in [2.45, 2.75) is 18.8 Å². The number of aromatic amines is 1. The second kappa shape index (κ2) is 3.62. The molecular weight excluding hydrogens is 188 g/mol. The van der Waals surface area contributed by atoms with Crippen LogP contribution in [-0.2, 0) is 0 Å². The number of H-pyrrole nitrogens is 1. The molecule has 1 fully saturated rings. The average molecular weight is 202 g/mol. The molecule has 2 N–H and O–H groups in total. The molecule has 1 saturated heterocycles. The van der Waals surface area contributed by atoms with Gasteiger partial charge in [0.05, 0.1) is 0 Å². The Morgan fingerprint density at radius 1 is 1.07 bits per heavy atom. The van der Waals surface area contributed by atoms with Gasteiger partial charge in [0, 0.05) is 0 Å². The maximum absolute atomic E-state index is 4.12. The molecule has 2 heterocycles. The van der Waals surface area contributed by atoms with Gasteiger partial charge < -0.3 is 5.32 Å². The lowest BCUT2D eigenvalue weighted by molar-refractivity contribution is 0.460. The highest BCUT2D eigenvalue weighted by Gasteiger charge is 2.15. The molecule has 0 amide bonds. The molecule has 1 aromatic carbocycles. The topological polar surface area (TPSA) is 53.6 Å². The van der Waals surface area contributed by atoms with Crippen LogP contribution in [0.1, 0.15) is 24.3 Å². The monoisotopic (exact) mass is 202 g/mol. The molecule has 3 rings (SSSR count). The van der Waals surface area contributed by atoms with Gasteiger partial charge in [-0.3, -0.25) is 0 Å². The van der Waals surface area contributed by atoms with Crippen molar-refractivity contribution < 1.29 is 0 Å². The molecule has 78 valence electrons. The summed E-state index contributed by atoms with van der Waals surface area (Å²) in [5, 5.41) is 14.2. The third-order valence-electron chi connectivity index (χ3n) is 3.15. The molecule has 0 radical (unpaired) electrons. The van der Waals surface area contributed by atoms with E-state index in [-0.39, 0.29) is 0 Å². The largest absolute Gasteiger partial charge is 0.317 e. The lowest BCUT2D eigenvalue weighted by atomic mass is 9.90. The van der Waals surface area contributed by atoms with Crippen LogP contribution in [0.4, 0.5) is 0 Å². The van der Waals surface area contributed by atoms with E-state index in [2.05, 4.69) is 38.9 Å². The van der Waals surface area contributed by atoms with E-state index < -0.39 is 0 Å². The fourth-order valence-corrected chi connectivity index (χ4v) is 2.27. The highest BCUT2D eigenvalue weighted by Crippen LogP contribution is 2.26. The second-order valence-electron chi connectivity index (χ2n) is 4.10. The summed E-state index contributed by atoms with van der Waals surface area (Å²) in [6, 6.07) is 6.39. The number of aromatic nitrogens is 3. The Balaban J connectivity index is 1.95. The third kappa shape index (κ3) is 1.61. The van der Waals surface area contributed by atoms with Gasteiger partial charge >= 0.3 is 0 Å². The summed E-state index contributed by atoms with van der Waals surface area (Å²) in [7, 11) is 0. The molecular formula is C11H14N4. The fraction of sp³-hybridized carbons (Fsp3) is 0.455. The maximum atomic E-state index is 4.12. The molecule has 0 aliphatic carbocycles. The molecule has 0 atom stereocenters. The maximum Gasteiger partial charge on any atom is 0.113 e. The van der Waals surface area contributed by atoms with Crippen molar-refractivity contribution in [1.29, 1.82) is 0 Å². The van der Waals surface area contributed by atoms with Crippen molar-refractivity contribution >= 4 is 11.0 Å². The molecule has 4 heteroatoms. The molecule has 2 aromatic rings. The standard InChI is InChI=1S/C11H14N4/c1-2-10-11(14-15-13-10)7-9(1)8-3-5-12-6-4-8/h1-2,7-8,12H,3-6H2,(H,13,14,15). The van der Waals surface area contributed by atoms with Crippen LogP contribution in [0.5, 0.6) is 0 Å². The zero-order valence-electron chi connectivity index (χ0n) is 8.53. The lowest BCUT2D eigenvalue weighted by Crippen LogP contribution is -2.26. The van der Waals surface area contributed by atoms with Crippen molar-refractivity contribution in [1.82, 2.24) is 20.7 Å². The van der Waals surface area contributed by atoms with E-state index in [1.54, 1.807) is 0 Å². The van der Waals surface area contributed by atoms with E-state index in [1.165, 1.54) is 18.4 Å². The van der Waals surface area contributed by atoms with Crippen molar-refractivity contribution in [3.8, 4) is 0 Å². The van der Waals surface area contributed by atoms with E-state index in [0.29, 0.717) is 5.92 Å². The summed E-state index contributed by atoms with van der Waals surface area (Å²) in [4.78, 5) is 0. The molecule has 1 aliphatic heterocycles. The Labute approximate surface area is 88.1 Å². The Morgan fingerprint density at radius 3 is 2.73 bits per heavy atom. The van der Waals surface area contributed by atoms with E-state index in [9.17, 15) is 0 Å². The van der Waals surface area contributed by atoms with Crippen LogP contribution < -0.4 is 5.32 Å². The quantitative estimate of drug-likeness (QED) is 0.735. The molecule has 0 spiro atoms. The van der Waals surface area contributed by atoms with E-state index in [1.807, 2.05) is 0 Å². The summed E-state index contributed by atoms with van der Waals surface area (Å²) in [5.74, 6) is 0.687. The van der Waals surface area contributed by atoms with Crippen LogP contribution in [0.15, 0.2) is 18.2 Å². The van der Waals surface area contributed by atoms with Crippen LogP contribution in [0.25, 0.3) is 11.0 Å². The van der Waals surface area contributed by atoms with Crippen molar-refractivity contribution in [2.75, 3.05) is 13.1 Å². The van der Waals surface area contributed by atoms with Crippen molar-refractivity contribution in [3.05, 3.63) is 23.8 Å². The molecule has 1 aromatic heterocycles. The Morgan fingerprint density at radius 2 is 1.87 bits per heavy atom. The van der Waals surface area contributed by atoms with Gasteiger partial charge in [-0.1, -0.05) is 6.07 Å². The average Bonchev–Trinajstić information content (AvgIpc) is 2.77. The zero-order valence-corrected chi connectivity index (χ0v) is 8.53. The Kier molecular flexibility index (Phi) is 2.14. The molecule has 0 bridgehead atoms. The van der Waals surface area contributed by atoms with Gasteiger partial charge in [-0.05, 0) is 49.5 Å². The summed E-state index contributed by atoms with van der Waals surface area (Å²) in [6.45, 7) is 2.25. The van der Waals surface area contributed by atoms with Crippen LogP contribution in [0.3, 0.4) is 0 Å². The number of hydrogen-bond donors (Lipinski definition) is 2. The van der Waals surface area contributed by atoms with E-state index in [0.717, 1.165) is 24.1 Å². The number of hydrogen-bond acceptors (Lipinski definition) is 3. The number of piperidine rings is 1. The first-order valence-electron chi connectivity index (χ1n) is 5.44. The summed E-state index contributed by atoms with van der Waals surface area (Å²) < 4.78 is 0. The van der Waals surface area contributed by atoms with Crippen molar-refractivity contribution in [2.24, 2.45) is 0 Å². The normalized spacial score (nSPS) is 18.4. The number of nitrogens with zero attached hydrogens (tertiary/aromatic N) is 2. The minimum atomic E-state index is 0.687. The van der Waals surface area contributed by atoms with Crippen LogP contribution in [0.2, 0.25) is 0 Å². The van der Waals surface area contributed by atoms with Gasteiger partial charge in [0.25, 0.3) is 0 Å². The Bertz CT molecular complexity index is 456. The molecule has 15 heavy (non-hydrogen) atoms. The minimum Gasteiger partial charge on any atom is -0.317 e. The zero-order chi connectivity index (χ0) is 10.1. The van der Waals surface area contributed by atoms with Crippen LogP contribution in [-0.4, -0.2) is 28.5 Å². The summed E-state index contributed by atoms with van der Waals surface area (Å²) in [5.41, 5.74) is 3.33. The number of benzene rings is 1. The highest BCUT2D eigenvalue weighted by molar-refractivity contribution is 5.74. The van der Waals surface area contributed by atoms with Gasteiger partial charge in [-0.15, -0.1) is 0 Å². The molecule has 0 unspecified atom stereocenters. The van der Waals surface area contributed by atoms with Gasteiger partial charge in [-0.2, -0.15) is 15.4 Å². The Hall–Kier alpha value is -1.42. The van der Waals surface area contributed by atoms with Gasteiger partial charge in [-0.25, -0.2) is 0 Å². The van der Waals surface area contributed by atoms with E-state index in [4.69, 9.17) is 0 Å². The van der Waals surface area contributed by atoms with E-state index >= 15 is 0 Å². The predicted octanol–water partition coefficient (Wildman–Crippen LogP) is 1.42. The first-order chi connectivity index (χ1) is 7.43. The van der Waals surface area contributed by atoms with Gasteiger partial charge in [0.15, 0.2) is 0 Å².